The van der Waals surface area contributed by atoms with Gasteiger partial charge in [0.25, 0.3) is 5.91 Å². The summed E-state index contributed by atoms with van der Waals surface area (Å²) in [6.45, 7) is 3.68. The Morgan fingerprint density at radius 1 is 1.17 bits per heavy atom. The molecule has 24 heavy (non-hydrogen) atoms. The van der Waals surface area contributed by atoms with Crippen LogP contribution in [0.5, 0.6) is 0 Å². The molecule has 0 fully saturated rings. The van der Waals surface area contributed by atoms with E-state index in [0.29, 0.717) is 12.1 Å². The zero-order valence-electron chi connectivity index (χ0n) is 12.7. The van der Waals surface area contributed by atoms with Crippen molar-refractivity contribution in [2.45, 2.75) is 6.42 Å². The largest absolute Gasteiger partial charge is 0.326 e. The van der Waals surface area contributed by atoms with Gasteiger partial charge in [0, 0.05) is 6.42 Å². The molecule has 1 N–H and O–H groups in total. The van der Waals surface area contributed by atoms with E-state index in [1.807, 2.05) is 47.2 Å². The molecule has 0 radical (unpaired) electrons. The molecule has 7 heteroatoms. The summed E-state index contributed by atoms with van der Waals surface area (Å²) in [5.41, 5.74) is 1.34. The van der Waals surface area contributed by atoms with Crippen molar-refractivity contribution in [1.82, 2.24) is 9.03 Å². The van der Waals surface area contributed by atoms with Gasteiger partial charge in [0.1, 0.15) is 4.48 Å². The highest BCUT2D eigenvalue weighted by Gasteiger charge is 2.34. The second kappa shape index (κ2) is 6.41. The summed E-state index contributed by atoms with van der Waals surface area (Å²) in [6, 6.07) is 13.7. The van der Waals surface area contributed by atoms with Gasteiger partial charge in [-0.1, -0.05) is 48.5 Å². The number of carbonyl (C=O) groups excluding carboxylic acids is 1. The highest BCUT2D eigenvalue weighted by molar-refractivity contribution is 9.12. The molecule has 0 aromatic heterocycles. The lowest BCUT2D eigenvalue weighted by molar-refractivity contribution is -0.115. The van der Waals surface area contributed by atoms with Gasteiger partial charge < -0.3 is 0 Å². The molecule has 5 nitrogen and oxygen atoms in total. The van der Waals surface area contributed by atoms with Crippen LogP contribution in [0.2, 0.25) is 0 Å². The molecule has 0 unspecified atom stereocenters. The van der Waals surface area contributed by atoms with Crippen LogP contribution in [0.15, 0.2) is 65.3 Å². The number of nitrogens with one attached hydrogen (secondary N) is 1. The van der Waals surface area contributed by atoms with E-state index in [1.54, 1.807) is 0 Å². The summed E-state index contributed by atoms with van der Waals surface area (Å²) < 4.78 is 27.9. The van der Waals surface area contributed by atoms with Gasteiger partial charge in [-0.2, -0.15) is 8.42 Å². The molecule has 0 spiro atoms. The van der Waals surface area contributed by atoms with E-state index in [2.05, 4.69) is 22.5 Å². The number of fused-ring (bicyclic) bond motifs is 1. The van der Waals surface area contributed by atoms with Crippen molar-refractivity contribution in [3.8, 4) is 0 Å². The smallest absolute Gasteiger partial charge is 0.267 e. The molecule has 1 amide bonds. The Kier molecular flexibility index (Phi) is 4.47. The normalized spacial score (nSPS) is 17.0. The van der Waals surface area contributed by atoms with Crippen LogP contribution in [-0.2, 0) is 21.4 Å². The van der Waals surface area contributed by atoms with Crippen molar-refractivity contribution in [2.24, 2.45) is 0 Å². The van der Waals surface area contributed by atoms with Gasteiger partial charge in [0.2, 0.25) is 0 Å². The molecule has 1 aliphatic heterocycles. The van der Waals surface area contributed by atoms with Gasteiger partial charge in [-0.05, 0) is 32.3 Å². The number of hydrogen-bond donors (Lipinski definition) is 1. The van der Waals surface area contributed by atoms with E-state index in [-0.39, 0.29) is 11.0 Å². The topological polar surface area (TPSA) is 66.5 Å². The molecule has 1 heterocycles. The number of allylic oxidation sites excluding steroid dienone is 1. The first-order valence-electron chi connectivity index (χ1n) is 7.25. The Bertz CT molecular complexity index is 961. The van der Waals surface area contributed by atoms with Crippen molar-refractivity contribution in [2.75, 3.05) is 6.54 Å². The van der Waals surface area contributed by atoms with Gasteiger partial charge in [0.05, 0.1) is 12.2 Å². The third-order valence-corrected chi connectivity index (χ3v) is 6.01. The second-order valence-electron chi connectivity index (χ2n) is 5.33. The minimum absolute atomic E-state index is 0.0812. The quantitative estimate of drug-likeness (QED) is 0.793. The summed E-state index contributed by atoms with van der Waals surface area (Å²) in [6.07, 6.45) is 1.79. The first kappa shape index (κ1) is 16.7. The minimum Gasteiger partial charge on any atom is -0.267 e. The van der Waals surface area contributed by atoms with E-state index < -0.39 is 16.1 Å². The van der Waals surface area contributed by atoms with Crippen LogP contribution in [0.25, 0.3) is 10.8 Å². The minimum atomic E-state index is -3.92. The summed E-state index contributed by atoms with van der Waals surface area (Å²) in [5.74, 6) is -0.662. The average molecular weight is 407 g/mol. The van der Waals surface area contributed by atoms with Crippen LogP contribution in [-0.4, -0.2) is 25.2 Å². The average Bonchev–Trinajstić information content (AvgIpc) is 2.56. The van der Waals surface area contributed by atoms with Crippen molar-refractivity contribution < 1.29 is 13.2 Å². The van der Waals surface area contributed by atoms with Gasteiger partial charge in [0.15, 0.2) is 0 Å². The Morgan fingerprint density at radius 2 is 1.88 bits per heavy atom. The Morgan fingerprint density at radius 3 is 2.62 bits per heavy atom. The number of halogens is 1. The number of benzene rings is 2. The molecular weight excluding hydrogens is 392 g/mol. The van der Waals surface area contributed by atoms with Gasteiger partial charge in [-0.25, -0.2) is 4.72 Å². The maximum atomic E-state index is 12.3. The molecule has 1 aliphatic rings. The fourth-order valence-electron chi connectivity index (χ4n) is 2.72. The molecule has 0 saturated heterocycles. The summed E-state index contributed by atoms with van der Waals surface area (Å²) in [5, 5.41) is 2.08. The predicted octanol–water partition coefficient (Wildman–Crippen LogP) is 2.85. The fourth-order valence-corrected chi connectivity index (χ4v) is 4.62. The lowest BCUT2D eigenvalue weighted by Crippen LogP contribution is -2.48. The molecule has 0 atom stereocenters. The van der Waals surface area contributed by atoms with Crippen LogP contribution in [0, 0.1) is 0 Å². The van der Waals surface area contributed by atoms with E-state index in [1.165, 1.54) is 6.08 Å². The molecule has 0 aliphatic carbocycles. The Balaban J connectivity index is 2.12. The van der Waals surface area contributed by atoms with Gasteiger partial charge in [-0.3, -0.25) is 9.10 Å². The monoisotopic (exact) mass is 406 g/mol. The van der Waals surface area contributed by atoms with E-state index >= 15 is 0 Å². The standard InChI is InChI=1S/C17H15BrN2O3S/c1-2-10-20-15(16(18)17(21)19-24(20,22)23)11-13-8-5-7-12-6-3-4-9-14(12)13/h2-9H,1,10-11H2,(H,19,21). The summed E-state index contributed by atoms with van der Waals surface area (Å²) in [4.78, 5) is 12.0. The third kappa shape index (κ3) is 2.97. The van der Waals surface area contributed by atoms with Crippen LogP contribution < -0.4 is 4.72 Å². The van der Waals surface area contributed by atoms with Crippen molar-refractivity contribution in [1.29, 1.82) is 0 Å². The number of amides is 1. The van der Waals surface area contributed by atoms with Gasteiger partial charge >= 0.3 is 10.2 Å². The predicted molar refractivity (Wildman–Crippen MR) is 97.6 cm³/mol. The van der Waals surface area contributed by atoms with Crippen LogP contribution in [0.1, 0.15) is 5.56 Å². The highest BCUT2D eigenvalue weighted by Crippen LogP contribution is 2.29. The molecule has 2 aromatic rings. The zero-order valence-corrected chi connectivity index (χ0v) is 15.1. The summed E-state index contributed by atoms with van der Waals surface area (Å²) >= 11 is 3.23. The first-order valence-corrected chi connectivity index (χ1v) is 9.48. The highest BCUT2D eigenvalue weighted by atomic mass is 79.9. The van der Waals surface area contributed by atoms with Crippen LogP contribution in [0.3, 0.4) is 0 Å². The maximum Gasteiger partial charge on any atom is 0.326 e. The Hall–Kier alpha value is -2.12. The fraction of sp³-hybridized carbons (Fsp3) is 0.118. The SMILES string of the molecule is C=CCN1C(Cc2cccc3ccccc23)=C(Br)C(=O)NS1(=O)=O. The molecule has 2 aromatic carbocycles. The Labute approximate surface area is 149 Å². The van der Waals surface area contributed by atoms with E-state index in [9.17, 15) is 13.2 Å². The maximum absolute atomic E-state index is 12.3. The molecule has 0 saturated carbocycles. The number of nitrogens with zero attached hydrogens (tertiary/aromatic N) is 1. The van der Waals surface area contributed by atoms with Crippen LogP contribution in [0.4, 0.5) is 0 Å². The molecule has 0 bridgehead atoms. The van der Waals surface area contributed by atoms with Crippen molar-refractivity contribution >= 4 is 42.8 Å². The van der Waals surface area contributed by atoms with E-state index in [0.717, 1.165) is 20.6 Å². The number of rotatable bonds is 4. The number of hydrogen-bond acceptors (Lipinski definition) is 3. The molecule has 124 valence electrons. The summed E-state index contributed by atoms with van der Waals surface area (Å²) in [7, 11) is -3.92. The van der Waals surface area contributed by atoms with E-state index in [4.69, 9.17) is 0 Å². The molecule has 3 rings (SSSR count). The lowest BCUT2D eigenvalue weighted by Gasteiger charge is -2.30. The van der Waals surface area contributed by atoms with Crippen LogP contribution >= 0.6 is 15.9 Å². The van der Waals surface area contributed by atoms with Crippen molar-refractivity contribution in [3.05, 3.63) is 70.9 Å². The van der Waals surface area contributed by atoms with Gasteiger partial charge in [-0.15, -0.1) is 6.58 Å². The third-order valence-electron chi connectivity index (χ3n) is 3.80. The zero-order chi connectivity index (χ0) is 17.3. The lowest BCUT2D eigenvalue weighted by atomic mass is 10.0. The number of carbonyl (C=O) groups is 1. The molecular formula is C17H15BrN2O3S. The second-order valence-corrected chi connectivity index (χ2v) is 7.72. The van der Waals surface area contributed by atoms with Crippen molar-refractivity contribution in [3.63, 3.8) is 0 Å². The first-order chi connectivity index (χ1) is 11.4.